The molecule has 0 radical (unpaired) electrons. The van der Waals surface area contributed by atoms with E-state index in [0.717, 1.165) is 11.3 Å². The summed E-state index contributed by atoms with van der Waals surface area (Å²) in [7, 11) is 0. The van der Waals surface area contributed by atoms with E-state index >= 15 is 0 Å². The molecular formula is C21H23FN4OS. The summed E-state index contributed by atoms with van der Waals surface area (Å²) < 4.78 is 14.8. The van der Waals surface area contributed by atoms with Gasteiger partial charge in [-0.25, -0.2) is 4.39 Å². The molecule has 0 aliphatic rings. The highest BCUT2D eigenvalue weighted by atomic mass is 32.2. The number of hydrogen-bond donors (Lipinski definition) is 1. The standard InChI is InChI=1S/C21H23FN4OS/c1-15(2)17-5-9-19(10-6-17)26-14-24-25-21(26)28-13-20(27)23-12-11-16-3-7-18(22)8-4-16/h3-10,14-15H,11-13H2,1-2H3,(H,23,27). The third-order valence-electron chi connectivity index (χ3n) is 4.34. The van der Waals surface area contributed by atoms with Crippen molar-refractivity contribution in [2.24, 2.45) is 0 Å². The summed E-state index contributed by atoms with van der Waals surface area (Å²) in [6.45, 7) is 4.82. The first-order chi connectivity index (χ1) is 13.5. The van der Waals surface area contributed by atoms with E-state index in [1.54, 1.807) is 18.5 Å². The van der Waals surface area contributed by atoms with Crippen LogP contribution in [0, 0.1) is 5.82 Å². The molecule has 0 atom stereocenters. The summed E-state index contributed by atoms with van der Waals surface area (Å²) >= 11 is 1.34. The number of nitrogens with zero attached hydrogens (tertiary/aromatic N) is 3. The fourth-order valence-electron chi connectivity index (χ4n) is 2.70. The number of thioether (sulfide) groups is 1. The van der Waals surface area contributed by atoms with Crippen LogP contribution in [0.4, 0.5) is 4.39 Å². The van der Waals surface area contributed by atoms with E-state index in [2.05, 4.69) is 41.5 Å². The van der Waals surface area contributed by atoms with E-state index in [9.17, 15) is 9.18 Å². The molecule has 3 aromatic rings. The zero-order valence-electron chi connectivity index (χ0n) is 15.9. The molecular weight excluding hydrogens is 375 g/mol. The van der Waals surface area contributed by atoms with Crippen LogP contribution in [-0.4, -0.2) is 33.0 Å². The molecule has 0 aliphatic carbocycles. The number of amides is 1. The number of carbonyl (C=O) groups excluding carboxylic acids is 1. The first-order valence-corrected chi connectivity index (χ1v) is 10.2. The summed E-state index contributed by atoms with van der Waals surface area (Å²) in [4.78, 5) is 12.1. The number of benzene rings is 2. The smallest absolute Gasteiger partial charge is 0.230 e. The largest absolute Gasteiger partial charge is 0.355 e. The van der Waals surface area contributed by atoms with Gasteiger partial charge in [0.15, 0.2) is 5.16 Å². The Balaban J connectivity index is 1.50. The number of carbonyl (C=O) groups is 1. The summed E-state index contributed by atoms with van der Waals surface area (Å²) in [5.41, 5.74) is 3.22. The van der Waals surface area contributed by atoms with Gasteiger partial charge in [0.05, 0.1) is 5.75 Å². The lowest BCUT2D eigenvalue weighted by atomic mass is 10.0. The van der Waals surface area contributed by atoms with Crippen molar-refractivity contribution >= 4 is 17.7 Å². The fraction of sp³-hybridized carbons (Fsp3) is 0.286. The highest BCUT2D eigenvalue weighted by Crippen LogP contribution is 2.21. The maximum absolute atomic E-state index is 12.9. The van der Waals surface area contributed by atoms with Gasteiger partial charge in [-0.2, -0.15) is 0 Å². The van der Waals surface area contributed by atoms with Crippen LogP contribution in [0.15, 0.2) is 60.0 Å². The number of nitrogens with one attached hydrogen (secondary N) is 1. The topological polar surface area (TPSA) is 59.8 Å². The van der Waals surface area contributed by atoms with Crippen LogP contribution in [0.5, 0.6) is 0 Å². The van der Waals surface area contributed by atoms with E-state index in [0.29, 0.717) is 24.0 Å². The van der Waals surface area contributed by atoms with Gasteiger partial charge in [0.2, 0.25) is 5.91 Å². The lowest BCUT2D eigenvalue weighted by Crippen LogP contribution is -2.27. The van der Waals surface area contributed by atoms with E-state index in [1.165, 1.54) is 29.5 Å². The zero-order chi connectivity index (χ0) is 19.9. The molecule has 7 heteroatoms. The van der Waals surface area contributed by atoms with Gasteiger partial charge in [0.1, 0.15) is 12.1 Å². The van der Waals surface area contributed by atoms with Gasteiger partial charge in [-0.3, -0.25) is 9.36 Å². The summed E-state index contributed by atoms with van der Waals surface area (Å²) in [6.07, 6.45) is 2.31. The van der Waals surface area contributed by atoms with Gasteiger partial charge in [-0.1, -0.05) is 49.9 Å². The molecule has 1 amide bonds. The van der Waals surface area contributed by atoms with Gasteiger partial charge in [0.25, 0.3) is 0 Å². The van der Waals surface area contributed by atoms with Crippen molar-refractivity contribution < 1.29 is 9.18 Å². The molecule has 3 rings (SSSR count). The van der Waals surface area contributed by atoms with Crippen molar-refractivity contribution in [3.05, 3.63) is 71.8 Å². The number of aromatic nitrogens is 3. The third kappa shape index (κ3) is 5.42. The van der Waals surface area contributed by atoms with Crippen LogP contribution < -0.4 is 5.32 Å². The Morgan fingerprint density at radius 3 is 2.54 bits per heavy atom. The van der Waals surface area contributed by atoms with Crippen LogP contribution in [0.1, 0.15) is 30.9 Å². The molecule has 0 bridgehead atoms. The monoisotopic (exact) mass is 398 g/mol. The number of hydrogen-bond acceptors (Lipinski definition) is 4. The number of halogens is 1. The molecule has 2 aromatic carbocycles. The highest BCUT2D eigenvalue weighted by molar-refractivity contribution is 7.99. The average Bonchev–Trinajstić information content (AvgIpc) is 3.16. The van der Waals surface area contributed by atoms with Crippen molar-refractivity contribution in [3.8, 4) is 5.69 Å². The molecule has 1 aromatic heterocycles. The van der Waals surface area contributed by atoms with Gasteiger partial charge >= 0.3 is 0 Å². The molecule has 146 valence electrons. The van der Waals surface area contributed by atoms with Crippen molar-refractivity contribution in [1.29, 1.82) is 0 Å². The van der Waals surface area contributed by atoms with Crippen molar-refractivity contribution in [2.45, 2.75) is 31.3 Å². The SMILES string of the molecule is CC(C)c1ccc(-n2cnnc2SCC(=O)NCCc2ccc(F)cc2)cc1. The molecule has 0 unspecified atom stereocenters. The van der Waals surface area contributed by atoms with E-state index in [4.69, 9.17) is 0 Å². The van der Waals surface area contributed by atoms with Crippen molar-refractivity contribution in [3.63, 3.8) is 0 Å². The Labute approximate surface area is 168 Å². The normalized spacial score (nSPS) is 11.0. The van der Waals surface area contributed by atoms with Gasteiger partial charge < -0.3 is 5.32 Å². The second kappa shape index (κ2) is 9.50. The highest BCUT2D eigenvalue weighted by Gasteiger charge is 2.10. The van der Waals surface area contributed by atoms with E-state index in [1.807, 2.05) is 16.7 Å². The van der Waals surface area contributed by atoms with Crippen molar-refractivity contribution in [2.75, 3.05) is 12.3 Å². The second-order valence-electron chi connectivity index (χ2n) is 6.74. The van der Waals surface area contributed by atoms with Gasteiger partial charge in [-0.05, 0) is 47.7 Å². The Morgan fingerprint density at radius 2 is 1.86 bits per heavy atom. The molecule has 0 saturated carbocycles. The number of rotatable bonds is 8. The Bertz CT molecular complexity index is 907. The second-order valence-corrected chi connectivity index (χ2v) is 7.69. The summed E-state index contributed by atoms with van der Waals surface area (Å²) in [5.74, 6) is 0.401. The molecule has 28 heavy (non-hydrogen) atoms. The molecule has 0 aliphatic heterocycles. The minimum absolute atomic E-state index is 0.0724. The molecule has 0 spiro atoms. The van der Waals surface area contributed by atoms with Crippen molar-refractivity contribution in [1.82, 2.24) is 20.1 Å². The molecule has 1 heterocycles. The van der Waals surface area contributed by atoms with Gasteiger partial charge in [-0.15, -0.1) is 10.2 Å². The lowest BCUT2D eigenvalue weighted by Gasteiger charge is -2.09. The third-order valence-corrected chi connectivity index (χ3v) is 5.28. The van der Waals surface area contributed by atoms with Gasteiger partial charge in [0, 0.05) is 12.2 Å². The Morgan fingerprint density at radius 1 is 1.14 bits per heavy atom. The first-order valence-electron chi connectivity index (χ1n) is 9.17. The summed E-state index contributed by atoms with van der Waals surface area (Å²) in [6, 6.07) is 14.6. The Kier molecular flexibility index (Phi) is 6.81. The predicted molar refractivity (Wildman–Crippen MR) is 109 cm³/mol. The van der Waals surface area contributed by atoms with Crippen LogP contribution in [-0.2, 0) is 11.2 Å². The quantitative estimate of drug-likeness (QED) is 0.583. The van der Waals surface area contributed by atoms with E-state index in [-0.39, 0.29) is 17.5 Å². The average molecular weight is 399 g/mol. The zero-order valence-corrected chi connectivity index (χ0v) is 16.7. The predicted octanol–water partition coefficient (Wildman–Crippen LogP) is 3.98. The summed E-state index contributed by atoms with van der Waals surface area (Å²) in [5, 5.41) is 11.6. The Hall–Kier alpha value is -2.67. The molecule has 0 fully saturated rings. The first kappa shape index (κ1) is 20.1. The maximum atomic E-state index is 12.9. The minimum Gasteiger partial charge on any atom is -0.355 e. The molecule has 0 saturated heterocycles. The minimum atomic E-state index is -0.257. The lowest BCUT2D eigenvalue weighted by molar-refractivity contribution is -0.118. The van der Waals surface area contributed by atoms with Crippen LogP contribution in [0.25, 0.3) is 5.69 Å². The van der Waals surface area contributed by atoms with Crippen LogP contribution in [0.3, 0.4) is 0 Å². The fourth-order valence-corrected chi connectivity index (χ4v) is 3.46. The maximum Gasteiger partial charge on any atom is 0.230 e. The molecule has 5 nitrogen and oxygen atoms in total. The van der Waals surface area contributed by atoms with Crippen LogP contribution >= 0.6 is 11.8 Å². The van der Waals surface area contributed by atoms with E-state index < -0.39 is 0 Å². The van der Waals surface area contributed by atoms with Crippen LogP contribution in [0.2, 0.25) is 0 Å². The molecule has 1 N–H and O–H groups in total.